The lowest BCUT2D eigenvalue weighted by Gasteiger charge is -2.11. The van der Waals surface area contributed by atoms with E-state index in [-0.39, 0.29) is 11.6 Å². The second-order valence-electron chi connectivity index (χ2n) is 4.54. The molecular formula is C16H13FN2O. The van der Waals surface area contributed by atoms with Crippen LogP contribution in [0.3, 0.4) is 0 Å². The van der Waals surface area contributed by atoms with Crippen molar-refractivity contribution in [1.82, 2.24) is 4.98 Å². The van der Waals surface area contributed by atoms with Crippen LogP contribution in [0.2, 0.25) is 0 Å². The van der Waals surface area contributed by atoms with Crippen LogP contribution in [0.1, 0.15) is 5.56 Å². The Labute approximate surface area is 115 Å². The monoisotopic (exact) mass is 268 g/mol. The number of hydrogen-bond donors (Lipinski definition) is 1. The second-order valence-corrected chi connectivity index (χ2v) is 4.54. The highest BCUT2D eigenvalue weighted by molar-refractivity contribution is 5.93. The highest BCUT2D eigenvalue weighted by Gasteiger charge is 2.10. The molecule has 0 bridgehead atoms. The number of aryl methyl sites for hydroxylation is 1. The van der Waals surface area contributed by atoms with E-state index in [9.17, 15) is 4.39 Å². The Morgan fingerprint density at radius 1 is 1.05 bits per heavy atom. The summed E-state index contributed by atoms with van der Waals surface area (Å²) >= 11 is 0. The lowest BCUT2D eigenvalue weighted by molar-refractivity contribution is 0.444. The predicted octanol–water partition coefficient (Wildman–Crippen LogP) is 4.06. The van der Waals surface area contributed by atoms with E-state index in [0.717, 1.165) is 5.39 Å². The third-order valence-electron chi connectivity index (χ3n) is 3.14. The first-order chi connectivity index (χ1) is 9.66. The summed E-state index contributed by atoms with van der Waals surface area (Å²) in [4.78, 5) is 4.22. The molecule has 2 N–H and O–H groups in total. The molecule has 0 radical (unpaired) electrons. The fourth-order valence-corrected chi connectivity index (χ4v) is 2.08. The molecule has 3 rings (SSSR count). The fraction of sp³-hybridized carbons (Fsp3) is 0.0625. The van der Waals surface area contributed by atoms with Crippen molar-refractivity contribution in [2.24, 2.45) is 0 Å². The molecule has 0 saturated carbocycles. The van der Waals surface area contributed by atoms with Gasteiger partial charge in [-0.1, -0.05) is 12.1 Å². The van der Waals surface area contributed by atoms with Crippen molar-refractivity contribution in [3.8, 4) is 11.5 Å². The van der Waals surface area contributed by atoms with Gasteiger partial charge in [0, 0.05) is 11.6 Å². The molecule has 0 aliphatic heterocycles. The molecule has 0 aliphatic rings. The van der Waals surface area contributed by atoms with Crippen molar-refractivity contribution in [2.45, 2.75) is 6.92 Å². The van der Waals surface area contributed by atoms with Crippen LogP contribution in [0.5, 0.6) is 11.5 Å². The first kappa shape index (κ1) is 12.4. The van der Waals surface area contributed by atoms with Crippen molar-refractivity contribution < 1.29 is 9.13 Å². The van der Waals surface area contributed by atoms with Gasteiger partial charge in [-0.3, -0.25) is 4.98 Å². The van der Waals surface area contributed by atoms with E-state index >= 15 is 0 Å². The van der Waals surface area contributed by atoms with Gasteiger partial charge in [-0.05, 0) is 42.8 Å². The summed E-state index contributed by atoms with van der Waals surface area (Å²) < 4.78 is 19.7. The SMILES string of the molecule is Cc1cccc(Oc2ccc(N)c3ncccc23)c1F. The zero-order chi connectivity index (χ0) is 14.1. The molecule has 3 aromatic rings. The molecule has 0 aliphatic carbocycles. The number of ether oxygens (including phenoxy) is 1. The summed E-state index contributed by atoms with van der Waals surface area (Å²) in [6.07, 6.45) is 1.66. The van der Waals surface area contributed by atoms with Crippen LogP contribution >= 0.6 is 0 Å². The van der Waals surface area contributed by atoms with Crippen LogP contribution in [0, 0.1) is 12.7 Å². The van der Waals surface area contributed by atoms with E-state index in [4.69, 9.17) is 10.5 Å². The molecule has 0 amide bonds. The molecular weight excluding hydrogens is 255 g/mol. The predicted molar refractivity (Wildman–Crippen MR) is 77.4 cm³/mol. The van der Waals surface area contributed by atoms with Gasteiger partial charge in [0.2, 0.25) is 0 Å². The average Bonchev–Trinajstić information content (AvgIpc) is 2.47. The minimum Gasteiger partial charge on any atom is -0.454 e. The molecule has 100 valence electrons. The van der Waals surface area contributed by atoms with Crippen molar-refractivity contribution in [1.29, 1.82) is 0 Å². The Hall–Kier alpha value is -2.62. The Kier molecular flexibility index (Phi) is 2.99. The summed E-state index contributed by atoms with van der Waals surface area (Å²) in [5.74, 6) is 0.369. The number of anilines is 1. The summed E-state index contributed by atoms with van der Waals surface area (Å²) in [6.45, 7) is 1.70. The maximum atomic E-state index is 14.0. The highest BCUT2D eigenvalue weighted by Crippen LogP contribution is 2.33. The van der Waals surface area contributed by atoms with Gasteiger partial charge in [0.15, 0.2) is 11.6 Å². The molecule has 0 unspecified atom stereocenters. The van der Waals surface area contributed by atoms with Gasteiger partial charge in [0.25, 0.3) is 0 Å². The molecule has 0 atom stereocenters. The van der Waals surface area contributed by atoms with Gasteiger partial charge in [0.05, 0.1) is 11.2 Å². The Morgan fingerprint density at radius 3 is 2.75 bits per heavy atom. The van der Waals surface area contributed by atoms with Crippen molar-refractivity contribution in [2.75, 3.05) is 5.73 Å². The van der Waals surface area contributed by atoms with Gasteiger partial charge in [-0.2, -0.15) is 0 Å². The van der Waals surface area contributed by atoms with Gasteiger partial charge < -0.3 is 10.5 Å². The number of aromatic nitrogens is 1. The third-order valence-corrected chi connectivity index (χ3v) is 3.14. The van der Waals surface area contributed by atoms with Crippen molar-refractivity contribution >= 4 is 16.6 Å². The number of nitrogens with two attached hydrogens (primary N) is 1. The zero-order valence-electron chi connectivity index (χ0n) is 10.9. The van der Waals surface area contributed by atoms with Crippen LogP contribution in [-0.4, -0.2) is 4.98 Å². The Balaban J connectivity index is 2.12. The second kappa shape index (κ2) is 4.81. The van der Waals surface area contributed by atoms with E-state index in [1.807, 2.05) is 6.07 Å². The lowest BCUT2D eigenvalue weighted by Crippen LogP contribution is -1.94. The molecule has 3 nitrogen and oxygen atoms in total. The van der Waals surface area contributed by atoms with E-state index in [1.165, 1.54) is 0 Å². The molecule has 0 spiro atoms. The number of pyridine rings is 1. The number of hydrogen-bond acceptors (Lipinski definition) is 3. The fourth-order valence-electron chi connectivity index (χ4n) is 2.08. The van der Waals surface area contributed by atoms with Crippen LogP contribution in [0.15, 0.2) is 48.7 Å². The maximum Gasteiger partial charge on any atom is 0.168 e. The summed E-state index contributed by atoms with van der Waals surface area (Å²) in [6, 6.07) is 12.1. The summed E-state index contributed by atoms with van der Waals surface area (Å²) in [5.41, 5.74) is 7.64. The van der Waals surface area contributed by atoms with Gasteiger partial charge in [0.1, 0.15) is 5.75 Å². The number of rotatable bonds is 2. The van der Waals surface area contributed by atoms with E-state index < -0.39 is 0 Å². The maximum absolute atomic E-state index is 14.0. The normalized spacial score (nSPS) is 10.7. The quantitative estimate of drug-likeness (QED) is 0.713. The van der Waals surface area contributed by atoms with Crippen LogP contribution in [0.25, 0.3) is 10.9 Å². The standard InChI is InChI=1S/C16H13FN2O/c1-10-4-2-6-14(15(10)17)20-13-8-7-12(18)16-11(13)5-3-9-19-16/h2-9H,18H2,1H3. The molecule has 4 heteroatoms. The summed E-state index contributed by atoms with van der Waals surface area (Å²) in [7, 11) is 0. The average molecular weight is 268 g/mol. The Bertz CT molecular complexity index is 787. The molecule has 1 aromatic heterocycles. The van der Waals surface area contributed by atoms with E-state index in [0.29, 0.717) is 22.5 Å². The molecule has 0 saturated heterocycles. The first-order valence-electron chi connectivity index (χ1n) is 6.23. The van der Waals surface area contributed by atoms with Crippen molar-refractivity contribution in [3.63, 3.8) is 0 Å². The molecule has 1 heterocycles. The van der Waals surface area contributed by atoms with Gasteiger partial charge >= 0.3 is 0 Å². The third kappa shape index (κ3) is 2.05. The zero-order valence-corrected chi connectivity index (χ0v) is 10.9. The minimum absolute atomic E-state index is 0.194. The van der Waals surface area contributed by atoms with Gasteiger partial charge in [-0.15, -0.1) is 0 Å². The van der Waals surface area contributed by atoms with E-state index in [1.54, 1.807) is 49.5 Å². The number of benzene rings is 2. The highest BCUT2D eigenvalue weighted by atomic mass is 19.1. The van der Waals surface area contributed by atoms with E-state index in [2.05, 4.69) is 4.98 Å². The smallest absolute Gasteiger partial charge is 0.168 e. The number of nitrogens with zero attached hydrogens (tertiary/aromatic N) is 1. The molecule has 20 heavy (non-hydrogen) atoms. The summed E-state index contributed by atoms with van der Waals surface area (Å²) in [5, 5.41) is 0.758. The number of halogens is 1. The molecule has 0 fully saturated rings. The first-order valence-corrected chi connectivity index (χ1v) is 6.23. The van der Waals surface area contributed by atoms with Crippen LogP contribution in [-0.2, 0) is 0 Å². The van der Waals surface area contributed by atoms with Crippen molar-refractivity contribution in [3.05, 3.63) is 60.0 Å². The number of fused-ring (bicyclic) bond motifs is 1. The Morgan fingerprint density at radius 2 is 1.90 bits per heavy atom. The lowest BCUT2D eigenvalue weighted by atomic mass is 10.1. The minimum atomic E-state index is -0.360. The van der Waals surface area contributed by atoms with Gasteiger partial charge in [-0.25, -0.2) is 4.39 Å². The van der Waals surface area contributed by atoms with Crippen LogP contribution in [0.4, 0.5) is 10.1 Å². The number of nitrogen functional groups attached to an aromatic ring is 1. The molecule has 2 aromatic carbocycles. The largest absolute Gasteiger partial charge is 0.454 e. The topological polar surface area (TPSA) is 48.1 Å². The van der Waals surface area contributed by atoms with Crippen LogP contribution < -0.4 is 10.5 Å².